The van der Waals surface area contributed by atoms with E-state index in [2.05, 4.69) is 0 Å². The van der Waals surface area contributed by atoms with Crippen LogP contribution >= 0.6 is 0 Å². The molecule has 0 spiro atoms. The van der Waals surface area contributed by atoms with Gasteiger partial charge >= 0.3 is 11.9 Å². The Labute approximate surface area is 286 Å². The second kappa shape index (κ2) is 12.2. The number of rotatable bonds is 6. The number of benzene rings is 4. The van der Waals surface area contributed by atoms with Crippen LogP contribution < -0.4 is 4.74 Å². The molecule has 2 aliphatic carbocycles. The van der Waals surface area contributed by atoms with Crippen molar-refractivity contribution in [2.45, 2.75) is 42.5 Å². The molecule has 15 nitrogen and oxygen atoms in total. The van der Waals surface area contributed by atoms with Gasteiger partial charge in [0.1, 0.15) is 47.4 Å². The Balaban J connectivity index is 1.52. The predicted molar refractivity (Wildman–Crippen MR) is 170 cm³/mol. The van der Waals surface area contributed by atoms with E-state index in [-0.39, 0.29) is 50.3 Å². The lowest BCUT2D eigenvalue weighted by molar-refractivity contribution is -0.277. The molecule has 5 unspecified atom stereocenters. The summed E-state index contributed by atoms with van der Waals surface area (Å²) in [5.74, 6) is -9.35. The third-order valence-corrected chi connectivity index (χ3v) is 9.60. The van der Waals surface area contributed by atoms with E-state index < -0.39 is 101 Å². The van der Waals surface area contributed by atoms with Gasteiger partial charge in [-0.3, -0.25) is 9.59 Å². The molecule has 1 heterocycles. The van der Waals surface area contributed by atoms with Gasteiger partial charge in [-0.2, -0.15) is 0 Å². The smallest absolute Gasteiger partial charge is 0.335 e. The first-order valence-corrected chi connectivity index (χ1v) is 15.5. The molecule has 0 aromatic heterocycles. The molecule has 7 rings (SSSR count). The number of ether oxygens (including phenoxy) is 2. The van der Waals surface area contributed by atoms with Crippen LogP contribution in [-0.4, -0.2) is 107 Å². The Morgan fingerprint density at radius 2 is 1.12 bits per heavy atom. The number of aliphatic hydroxyl groups is 4. The topological polar surface area (TPSA) is 269 Å². The maximum atomic E-state index is 14.4. The number of carbonyl (C=O) groups excluding carboxylic acids is 2. The SMILES string of the molecule is O=C(O)c1cc(O)c2c(c1)[C@@H]([C@H]1c3cc(C(=O)O)cc(O)c3C(=O)c3c(OC4OC(CO)C(O)C(O)C4O)cccc31)c1cccc(O)c1C2=O. The van der Waals surface area contributed by atoms with Gasteiger partial charge in [-0.05, 0) is 58.7 Å². The number of aromatic carboxylic acids is 2. The fraction of sp³-hybridized carbons (Fsp3) is 0.222. The van der Waals surface area contributed by atoms with Crippen LogP contribution in [0.1, 0.15) is 86.6 Å². The van der Waals surface area contributed by atoms with Crippen molar-refractivity contribution in [3.8, 4) is 23.0 Å². The van der Waals surface area contributed by atoms with Crippen LogP contribution in [0.25, 0.3) is 0 Å². The van der Waals surface area contributed by atoms with Gasteiger partial charge < -0.3 is 55.4 Å². The van der Waals surface area contributed by atoms with Gasteiger partial charge in [0, 0.05) is 11.8 Å². The zero-order chi connectivity index (χ0) is 36.6. The van der Waals surface area contributed by atoms with Crippen molar-refractivity contribution in [3.05, 3.63) is 116 Å². The van der Waals surface area contributed by atoms with Gasteiger partial charge in [-0.25, -0.2) is 9.59 Å². The van der Waals surface area contributed by atoms with Crippen molar-refractivity contribution in [3.63, 3.8) is 0 Å². The highest BCUT2D eigenvalue weighted by Crippen LogP contribution is 2.56. The van der Waals surface area contributed by atoms with E-state index in [1.54, 1.807) is 0 Å². The van der Waals surface area contributed by atoms with E-state index in [0.29, 0.717) is 0 Å². The van der Waals surface area contributed by atoms with Crippen LogP contribution in [0, 0.1) is 0 Å². The van der Waals surface area contributed by atoms with Crippen LogP contribution in [-0.2, 0) is 4.74 Å². The molecule has 1 saturated heterocycles. The highest BCUT2D eigenvalue weighted by atomic mass is 16.7. The van der Waals surface area contributed by atoms with Gasteiger partial charge in [0.15, 0.2) is 0 Å². The van der Waals surface area contributed by atoms with Crippen LogP contribution in [0.2, 0.25) is 0 Å². The van der Waals surface area contributed by atoms with Crippen LogP contribution in [0.5, 0.6) is 23.0 Å². The van der Waals surface area contributed by atoms with E-state index in [4.69, 9.17) is 9.47 Å². The van der Waals surface area contributed by atoms with Gasteiger partial charge in [0.2, 0.25) is 17.9 Å². The quantitative estimate of drug-likeness (QED) is 0.138. The second-order valence-corrected chi connectivity index (χ2v) is 12.4. The summed E-state index contributed by atoms with van der Waals surface area (Å²) in [5.41, 5.74) is -1.98. The minimum atomic E-state index is -1.88. The van der Waals surface area contributed by atoms with Crippen molar-refractivity contribution in [1.82, 2.24) is 0 Å². The molecule has 0 saturated carbocycles. The summed E-state index contributed by atoms with van der Waals surface area (Å²) in [6.07, 6.45) is -8.55. The van der Waals surface area contributed by atoms with Crippen molar-refractivity contribution < 1.29 is 74.6 Å². The number of carbonyl (C=O) groups is 4. The maximum Gasteiger partial charge on any atom is 0.335 e. The predicted octanol–water partition coefficient (Wildman–Crippen LogP) is 1.43. The first-order valence-electron chi connectivity index (χ1n) is 15.5. The van der Waals surface area contributed by atoms with E-state index in [1.807, 2.05) is 0 Å². The van der Waals surface area contributed by atoms with Gasteiger partial charge in [-0.1, -0.05) is 24.3 Å². The highest BCUT2D eigenvalue weighted by molar-refractivity contribution is 6.18. The zero-order valence-electron chi connectivity index (χ0n) is 26.0. The molecule has 1 aliphatic heterocycles. The molecule has 51 heavy (non-hydrogen) atoms. The molecule has 7 atom stereocenters. The minimum absolute atomic E-state index is 0.0489. The number of fused-ring (bicyclic) bond motifs is 4. The third kappa shape index (κ3) is 5.09. The van der Waals surface area contributed by atoms with E-state index in [1.165, 1.54) is 36.4 Å². The molecule has 9 N–H and O–H groups in total. The molecule has 1 fully saturated rings. The third-order valence-electron chi connectivity index (χ3n) is 9.60. The van der Waals surface area contributed by atoms with Gasteiger partial charge in [-0.15, -0.1) is 0 Å². The number of phenolic OH excluding ortho intramolecular Hbond substituents is 3. The monoisotopic (exact) mass is 700 g/mol. The van der Waals surface area contributed by atoms with E-state index in [0.717, 1.165) is 24.3 Å². The Hall–Kier alpha value is -5.84. The largest absolute Gasteiger partial charge is 0.507 e. The number of aromatic hydroxyl groups is 3. The summed E-state index contributed by atoms with van der Waals surface area (Å²) in [6, 6.07) is 12.3. The molecule has 15 heteroatoms. The molecule has 4 aromatic carbocycles. The zero-order valence-corrected chi connectivity index (χ0v) is 26.0. The van der Waals surface area contributed by atoms with Gasteiger partial charge in [0.25, 0.3) is 0 Å². The molecular formula is C36H28O15. The van der Waals surface area contributed by atoms with Crippen molar-refractivity contribution >= 4 is 23.5 Å². The van der Waals surface area contributed by atoms with Crippen molar-refractivity contribution in [1.29, 1.82) is 0 Å². The summed E-state index contributed by atoms with van der Waals surface area (Å²) in [4.78, 5) is 52.6. The molecule has 0 amide bonds. The summed E-state index contributed by atoms with van der Waals surface area (Å²) >= 11 is 0. The average Bonchev–Trinajstić information content (AvgIpc) is 3.08. The number of hydrogen-bond donors (Lipinski definition) is 9. The second-order valence-electron chi connectivity index (χ2n) is 12.4. The number of phenols is 3. The molecular weight excluding hydrogens is 672 g/mol. The Kier molecular flexibility index (Phi) is 8.04. The van der Waals surface area contributed by atoms with Crippen molar-refractivity contribution in [2.24, 2.45) is 0 Å². The number of aliphatic hydroxyl groups excluding tert-OH is 4. The lowest BCUT2D eigenvalue weighted by Gasteiger charge is -2.41. The van der Waals surface area contributed by atoms with Crippen LogP contribution in [0.3, 0.4) is 0 Å². The highest BCUT2D eigenvalue weighted by Gasteiger charge is 2.48. The number of ketones is 2. The molecule has 0 radical (unpaired) electrons. The maximum absolute atomic E-state index is 14.4. The summed E-state index contributed by atoms with van der Waals surface area (Å²) < 4.78 is 11.4. The van der Waals surface area contributed by atoms with E-state index >= 15 is 0 Å². The summed E-state index contributed by atoms with van der Waals surface area (Å²) in [6.45, 7) is -0.775. The molecule has 4 aromatic rings. The fourth-order valence-corrected chi connectivity index (χ4v) is 7.34. The number of carboxylic acid groups (broad SMARTS) is 2. The lowest BCUT2D eigenvalue weighted by Crippen LogP contribution is -2.60. The molecule has 0 bridgehead atoms. The average molecular weight is 701 g/mol. The molecule has 262 valence electrons. The van der Waals surface area contributed by atoms with Crippen molar-refractivity contribution in [2.75, 3.05) is 6.61 Å². The Morgan fingerprint density at radius 1 is 0.627 bits per heavy atom. The lowest BCUT2D eigenvalue weighted by atomic mass is 9.63. The fourth-order valence-electron chi connectivity index (χ4n) is 7.34. The standard InChI is InChI=1S/C36H28O15/c37-11-22-29(41)32(44)33(45)36(51-22)50-21-6-2-4-15-24(17-8-13(35(48)49)10-20(40)27(17)31(43)28(15)21)23-14-3-1-5-18(38)25(14)30(42)26-16(23)7-12(34(46)47)9-19(26)39/h1-10,22-24,29,32-33,36-41,44-45H,11H2,(H,46,47)(H,48,49)/t22?,23-,24+,29?,32?,33?,36?/m0/s1. The first kappa shape index (κ1) is 33.6. The van der Waals surface area contributed by atoms with Crippen LogP contribution in [0.4, 0.5) is 0 Å². The summed E-state index contributed by atoms with van der Waals surface area (Å²) in [5, 5.41) is 94.1. The normalized spacial score (nSPS) is 24.9. The minimum Gasteiger partial charge on any atom is -0.507 e. The Morgan fingerprint density at radius 3 is 1.65 bits per heavy atom. The Bertz CT molecular complexity index is 2170. The number of carboxylic acids is 2. The van der Waals surface area contributed by atoms with E-state index in [9.17, 15) is 65.1 Å². The summed E-state index contributed by atoms with van der Waals surface area (Å²) in [7, 11) is 0. The molecule has 3 aliphatic rings. The number of hydrogen-bond acceptors (Lipinski definition) is 13. The first-order chi connectivity index (χ1) is 24.2. The van der Waals surface area contributed by atoms with Crippen LogP contribution in [0.15, 0.2) is 60.7 Å². The van der Waals surface area contributed by atoms with Gasteiger partial charge in [0.05, 0.1) is 40.0 Å².